The summed E-state index contributed by atoms with van der Waals surface area (Å²) in [6, 6.07) is 9.93. The van der Waals surface area contributed by atoms with Crippen LogP contribution in [0.25, 0.3) is 11.4 Å². The van der Waals surface area contributed by atoms with Crippen molar-refractivity contribution in [3.05, 3.63) is 65.9 Å². The topological polar surface area (TPSA) is 71.0 Å². The molecule has 142 valence electrons. The molecule has 7 heteroatoms. The minimum atomic E-state index is -0.329. The number of amides is 1. The van der Waals surface area contributed by atoms with Gasteiger partial charge >= 0.3 is 0 Å². The molecule has 3 heterocycles. The molecule has 0 saturated carbocycles. The lowest BCUT2D eigenvalue weighted by Crippen LogP contribution is -2.36. The summed E-state index contributed by atoms with van der Waals surface area (Å²) in [6.45, 7) is 2.93. The molecule has 0 unspecified atom stereocenters. The van der Waals surface area contributed by atoms with E-state index in [1.165, 1.54) is 12.1 Å². The molecule has 6 nitrogen and oxygen atoms in total. The maximum absolute atomic E-state index is 13.6. The van der Waals surface area contributed by atoms with Crippen LogP contribution >= 0.6 is 0 Å². The third kappa shape index (κ3) is 3.69. The van der Waals surface area contributed by atoms with E-state index in [-0.39, 0.29) is 11.7 Å². The number of hydrogen-bond acceptors (Lipinski definition) is 5. The second-order valence-electron chi connectivity index (χ2n) is 6.61. The van der Waals surface area contributed by atoms with E-state index < -0.39 is 0 Å². The molecular weight excluding hydrogens is 357 g/mol. The summed E-state index contributed by atoms with van der Waals surface area (Å²) in [4.78, 5) is 27.5. The number of nitrogens with one attached hydrogen (secondary N) is 1. The van der Waals surface area contributed by atoms with E-state index in [9.17, 15) is 9.18 Å². The van der Waals surface area contributed by atoms with Crippen molar-refractivity contribution in [1.29, 1.82) is 0 Å². The quantitative estimate of drug-likeness (QED) is 0.750. The first kappa shape index (κ1) is 18.0. The Labute approximate surface area is 162 Å². The third-order valence-electron chi connectivity index (χ3n) is 4.74. The minimum absolute atomic E-state index is 0.0977. The second kappa shape index (κ2) is 7.72. The first-order chi connectivity index (χ1) is 13.6. The summed E-state index contributed by atoms with van der Waals surface area (Å²) < 4.78 is 13.6. The lowest BCUT2D eigenvalue weighted by atomic mass is 10.0. The summed E-state index contributed by atoms with van der Waals surface area (Å²) in [5.74, 6) is 0.942. The average molecular weight is 377 g/mol. The zero-order chi connectivity index (χ0) is 19.5. The van der Waals surface area contributed by atoms with Crippen molar-refractivity contribution >= 4 is 17.4 Å². The van der Waals surface area contributed by atoms with Crippen LogP contribution in [0.4, 0.5) is 15.9 Å². The van der Waals surface area contributed by atoms with Crippen LogP contribution < -0.4 is 5.32 Å². The fraction of sp³-hybridized carbons (Fsp3) is 0.238. The predicted molar refractivity (Wildman–Crippen MR) is 104 cm³/mol. The SMILES string of the molecule is CCC(=O)N1CCc2nc(-c3ccncc3)nc(Nc3cccc(F)c3)c2C1. The molecule has 4 rings (SSSR count). The number of carbonyl (C=O) groups excluding carboxylic acids is 1. The van der Waals surface area contributed by atoms with E-state index in [1.807, 2.05) is 24.0 Å². The Morgan fingerprint density at radius 1 is 1.21 bits per heavy atom. The number of halogens is 1. The number of rotatable bonds is 4. The van der Waals surface area contributed by atoms with Crippen LogP contribution in [0, 0.1) is 5.82 Å². The van der Waals surface area contributed by atoms with Gasteiger partial charge in [0.15, 0.2) is 5.82 Å². The van der Waals surface area contributed by atoms with Crippen molar-refractivity contribution in [2.45, 2.75) is 26.3 Å². The Morgan fingerprint density at radius 2 is 2.04 bits per heavy atom. The number of hydrogen-bond donors (Lipinski definition) is 1. The lowest BCUT2D eigenvalue weighted by molar-refractivity contribution is -0.131. The van der Waals surface area contributed by atoms with Gasteiger partial charge in [0.25, 0.3) is 0 Å². The number of nitrogens with zero attached hydrogens (tertiary/aromatic N) is 4. The van der Waals surface area contributed by atoms with Gasteiger partial charge in [0.1, 0.15) is 11.6 Å². The average Bonchev–Trinajstić information content (AvgIpc) is 2.73. The molecular formula is C21H20FN5O. The lowest BCUT2D eigenvalue weighted by Gasteiger charge is -2.29. The number of carbonyl (C=O) groups is 1. The van der Waals surface area contributed by atoms with Gasteiger partial charge in [-0.15, -0.1) is 0 Å². The highest BCUT2D eigenvalue weighted by Gasteiger charge is 2.25. The molecule has 0 saturated heterocycles. The van der Waals surface area contributed by atoms with Crippen LogP contribution in [0.15, 0.2) is 48.8 Å². The van der Waals surface area contributed by atoms with Crippen molar-refractivity contribution in [1.82, 2.24) is 19.9 Å². The van der Waals surface area contributed by atoms with E-state index in [1.54, 1.807) is 24.5 Å². The number of benzene rings is 1. The summed E-state index contributed by atoms with van der Waals surface area (Å²) in [5.41, 5.74) is 3.23. The van der Waals surface area contributed by atoms with E-state index in [0.29, 0.717) is 43.3 Å². The normalized spacial score (nSPS) is 13.1. The summed E-state index contributed by atoms with van der Waals surface area (Å²) in [7, 11) is 0. The highest BCUT2D eigenvalue weighted by molar-refractivity contribution is 5.77. The molecule has 1 aliphatic rings. The van der Waals surface area contributed by atoms with Crippen molar-refractivity contribution in [2.75, 3.05) is 11.9 Å². The molecule has 28 heavy (non-hydrogen) atoms. The standard InChI is InChI=1S/C21H20FN5O/c1-2-19(28)27-11-8-18-17(13-27)21(24-16-5-3-4-15(22)12-16)26-20(25-18)14-6-9-23-10-7-14/h3-7,9-10,12H,2,8,11,13H2,1H3,(H,24,25,26). The monoisotopic (exact) mass is 377 g/mol. The van der Waals surface area contributed by atoms with E-state index in [2.05, 4.69) is 10.3 Å². The van der Waals surface area contributed by atoms with Crippen LogP contribution in [0.2, 0.25) is 0 Å². The Bertz CT molecular complexity index is 1010. The van der Waals surface area contributed by atoms with Gasteiger partial charge in [0.2, 0.25) is 5.91 Å². The number of aromatic nitrogens is 3. The molecule has 0 fully saturated rings. The molecule has 0 bridgehead atoms. The Kier molecular flexibility index (Phi) is 4.97. The van der Waals surface area contributed by atoms with Gasteiger partial charge in [-0.2, -0.15) is 0 Å². The largest absolute Gasteiger partial charge is 0.340 e. The van der Waals surface area contributed by atoms with Crippen molar-refractivity contribution in [3.8, 4) is 11.4 Å². The maximum atomic E-state index is 13.6. The molecule has 2 aromatic heterocycles. The smallest absolute Gasteiger partial charge is 0.222 e. The van der Waals surface area contributed by atoms with Gasteiger partial charge in [0.05, 0.1) is 12.2 Å². The third-order valence-corrected chi connectivity index (χ3v) is 4.74. The second-order valence-corrected chi connectivity index (χ2v) is 6.61. The van der Waals surface area contributed by atoms with Crippen LogP contribution in [0.3, 0.4) is 0 Å². The van der Waals surface area contributed by atoms with Crippen molar-refractivity contribution in [3.63, 3.8) is 0 Å². The Hall–Kier alpha value is -3.35. The Morgan fingerprint density at radius 3 is 2.79 bits per heavy atom. The van der Waals surface area contributed by atoms with Crippen LogP contribution in [-0.2, 0) is 17.8 Å². The van der Waals surface area contributed by atoms with Gasteiger partial charge in [-0.1, -0.05) is 13.0 Å². The number of anilines is 2. The van der Waals surface area contributed by atoms with Crippen LogP contribution in [-0.4, -0.2) is 32.3 Å². The molecule has 0 radical (unpaired) electrons. The van der Waals surface area contributed by atoms with Gasteiger partial charge in [-0.05, 0) is 30.3 Å². The van der Waals surface area contributed by atoms with E-state index >= 15 is 0 Å². The van der Waals surface area contributed by atoms with Gasteiger partial charge in [-0.3, -0.25) is 9.78 Å². The summed E-state index contributed by atoms with van der Waals surface area (Å²) in [5, 5.41) is 3.22. The van der Waals surface area contributed by atoms with E-state index in [4.69, 9.17) is 9.97 Å². The highest BCUT2D eigenvalue weighted by Crippen LogP contribution is 2.29. The zero-order valence-corrected chi connectivity index (χ0v) is 15.5. The molecule has 0 aliphatic carbocycles. The first-order valence-electron chi connectivity index (χ1n) is 9.24. The molecule has 1 aliphatic heterocycles. The van der Waals surface area contributed by atoms with Crippen molar-refractivity contribution < 1.29 is 9.18 Å². The molecule has 1 aromatic carbocycles. The zero-order valence-electron chi connectivity index (χ0n) is 15.5. The molecule has 1 N–H and O–H groups in total. The number of fused-ring (bicyclic) bond motifs is 1. The molecule has 0 atom stereocenters. The summed E-state index contributed by atoms with van der Waals surface area (Å²) >= 11 is 0. The minimum Gasteiger partial charge on any atom is -0.340 e. The van der Waals surface area contributed by atoms with Crippen molar-refractivity contribution in [2.24, 2.45) is 0 Å². The predicted octanol–water partition coefficient (Wildman–Crippen LogP) is 3.72. The first-order valence-corrected chi connectivity index (χ1v) is 9.24. The molecule has 0 spiro atoms. The highest BCUT2D eigenvalue weighted by atomic mass is 19.1. The fourth-order valence-electron chi connectivity index (χ4n) is 3.29. The van der Waals surface area contributed by atoms with Crippen LogP contribution in [0.1, 0.15) is 24.6 Å². The summed E-state index contributed by atoms with van der Waals surface area (Å²) in [6.07, 6.45) is 4.50. The Balaban J connectivity index is 1.77. The molecule has 3 aromatic rings. The number of pyridine rings is 1. The maximum Gasteiger partial charge on any atom is 0.222 e. The van der Waals surface area contributed by atoms with Crippen LogP contribution in [0.5, 0.6) is 0 Å². The van der Waals surface area contributed by atoms with Gasteiger partial charge < -0.3 is 10.2 Å². The van der Waals surface area contributed by atoms with Gasteiger partial charge in [0, 0.05) is 48.6 Å². The van der Waals surface area contributed by atoms with E-state index in [0.717, 1.165) is 16.8 Å². The fourth-order valence-corrected chi connectivity index (χ4v) is 3.29. The molecule has 1 amide bonds. The van der Waals surface area contributed by atoms with Gasteiger partial charge in [-0.25, -0.2) is 14.4 Å².